The standard InChI is InChI=1S/C15H22N6O2/c1-2-4-12(15(22)23)11(14-18-20-21-19-14)6-3-5-10-7-8-13(16)17-9-10/h7-9,11-12H,2-6H2,1H3,(H2,16,17)(H,22,23)(H,18,19,20,21)/t11?,12-/m0/s1. The minimum absolute atomic E-state index is 0.218. The van der Waals surface area contributed by atoms with E-state index >= 15 is 0 Å². The molecule has 2 heterocycles. The Labute approximate surface area is 134 Å². The van der Waals surface area contributed by atoms with E-state index in [1.54, 1.807) is 12.3 Å². The van der Waals surface area contributed by atoms with Crippen molar-refractivity contribution < 1.29 is 9.90 Å². The van der Waals surface area contributed by atoms with Gasteiger partial charge in [-0.1, -0.05) is 19.4 Å². The van der Waals surface area contributed by atoms with E-state index in [1.165, 1.54) is 0 Å². The van der Waals surface area contributed by atoms with Gasteiger partial charge in [-0.2, -0.15) is 0 Å². The number of aryl methyl sites for hydroxylation is 1. The van der Waals surface area contributed by atoms with Crippen LogP contribution in [0, 0.1) is 5.92 Å². The number of carbonyl (C=O) groups is 1. The number of hydrogen-bond acceptors (Lipinski definition) is 6. The van der Waals surface area contributed by atoms with E-state index in [2.05, 4.69) is 25.6 Å². The number of hydrogen-bond donors (Lipinski definition) is 3. The number of aliphatic carboxylic acids is 1. The summed E-state index contributed by atoms with van der Waals surface area (Å²) in [6, 6.07) is 3.71. The SMILES string of the molecule is CCC[C@H](C(=O)O)C(CCCc1ccc(N)nc1)c1nnn[nH]1. The van der Waals surface area contributed by atoms with Gasteiger partial charge in [0, 0.05) is 12.1 Å². The molecule has 2 aromatic rings. The number of carboxylic acid groups (broad SMARTS) is 1. The molecular weight excluding hydrogens is 296 g/mol. The van der Waals surface area contributed by atoms with Crippen LogP contribution in [-0.4, -0.2) is 36.7 Å². The minimum atomic E-state index is -0.803. The number of aromatic nitrogens is 5. The number of tetrazole rings is 1. The number of H-pyrrole nitrogens is 1. The van der Waals surface area contributed by atoms with Gasteiger partial charge in [0.2, 0.25) is 0 Å². The second-order valence-electron chi connectivity index (χ2n) is 5.61. The topological polar surface area (TPSA) is 131 Å². The third-order valence-electron chi connectivity index (χ3n) is 3.94. The Kier molecular flexibility index (Phi) is 6.02. The maximum absolute atomic E-state index is 11.6. The number of rotatable bonds is 9. The second-order valence-corrected chi connectivity index (χ2v) is 5.61. The number of carboxylic acids is 1. The third-order valence-corrected chi connectivity index (χ3v) is 3.94. The van der Waals surface area contributed by atoms with Crippen molar-refractivity contribution in [3.63, 3.8) is 0 Å². The summed E-state index contributed by atoms with van der Waals surface area (Å²) >= 11 is 0. The van der Waals surface area contributed by atoms with Crippen molar-refractivity contribution in [2.75, 3.05) is 5.73 Å². The molecule has 2 atom stereocenters. The van der Waals surface area contributed by atoms with Crippen molar-refractivity contribution in [3.05, 3.63) is 29.7 Å². The fourth-order valence-corrected chi connectivity index (χ4v) is 2.77. The van der Waals surface area contributed by atoms with Crippen LogP contribution in [0.15, 0.2) is 18.3 Å². The molecule has 0 saturated carbocycles. The van der Waals surface area contributed by atoms with Crippen molar-refractivity contribution in [2.24, 2.45) is 5.92 Å². The summed E-state index contributed by atoms with van der Waals surface area (Å²) in [6.45, 7) is 1.98. The van der Waals surface area contributed by atoms with Gasteiger partial charge in [0.15, 0.2) is 5.82 Å². The van der Waals surface area contributed by atoms with E-state index in [1.807, 2.05) is 13.0 Å². The van der Waals surface area contributed by atoms with E-state index in [-0.39, 0.29) is 5.92 Å². The third kappa shape index (κ3) is 4.73. The highest BCUT2D eigenvalue weighted by atomic mass is 16.4. The summed E-state index contributed by atoms with van der Waals surface area (Å²) < 4.78 is 0. The molecule has 0 saturated heterocycles. The molecule has 124 valence electrons. The van der Waals surface area contributed by atoms with Crippen molar-refractivity contribution in [1.82, 2.24) is 25.6 Å². The predicted molar refractivity (Wildman–Crippen MR) is 84.5 cm³/mol. The van der Waals surface area contributed by atoms with E-state index in [0.717, 1.165) is 24.8 Å². The largest absolute Gasteiger partial charge is 0.481 e. The Morgan fingerprint density at radius 2 is 2.22 bits per heavy atom. The van der Waals surface area contributed by atoms with E-state index in [4.69, 9.17) is 5.73 Å². The Balaban J connectivity index is 2.02. The monoisotopic (exact) mass is 318 g/mol. The average molecular weight is 318 g/mol. The molecule has 0 amide bonds. The number of anilines is 1. The van der Waals surface area contributed by atoms with Gasteiger partial charge in [0.05, 0.1) is 5.92 Å². The molecule has 0 bridgehead atoms. The molecular formula is C15H22N6O2. The minimum Gasteiger partial charge on any atom is -0.481 e. The number of nitrogens with one attached hydrogen (secondary N) is 1. The molecule has 0 spiro atoms. The molecule has 4 N–H and O–H groups in total. The lowest BCUT2D eigenvalue weighted by Crippen LogP contribution is -2.23. The maximum Gasteiger partial charge on any atom is 0.307 e. The first-order valence-electron chi connectivity index (χ1n) is 7.78. The lowest BCUT2D eigenvalue weighted by Gasteiger charge is -2.21. The van der Waals surface area contributed by atoms with Gasteiger partial charge < -0.3 is 10.8 Å². The molecule has 0 aliphatic rings. The van der Waals surface area contributed by atoms with Crippen LogP contribution in [-0.2, 0) is 11.2 Å². The summed E-state index contributed by atoms with van der Waals surface area (Å²) in [7, 11) is 0. The Morgan fingerprint density at radius 3 is 2.78 bits per heavy atom. The predicted octanol–water partition coefficient (Wildman–Crippen LogP) is 1.78. The zero-order valence-electron chi connectivity index (χ0n) is 13.1. The first kappa shape index (κ1) is 16.9. The zero-order valence-corrected chi connectivity index (χ0v) is 13.1. The first-order chi connectivity index (χ1) is 11.1. The normalized spacial score (nSPS) is 13.6. The van der Waals surface area contributed by atoms with Gasteiger partial charge in [0.25, 0.3) is 0 Å². The van der Waals surface area contributed by atoms with E-state index < -0.39 is 11.9 Å². The molecule has 1 unspecified atom stereocenters. The first-order valence-corrected chi connectivity index (χ1v) is 7.78. The quantitative estimate of drug-likeness (QED) is 0.642. The van der Waals surface area contributed by atoms with Crippen LogP contribution in [0.5, 0.6) is 0 Å². The summed E-state index contributed by atoms with van der Waals surface area (Å²) in [5.74, 6) is -0.472. The molecule has 2 aromatic heterocycles. The number of nitrogen functional groups attached to an aromatic ring is 1. The molecule has 0 aromatic carbocycles. The summed E-state index contributed by atoms with van der Waals surface area (Å²) in [4.78, 5) is 15.7. The summed E-state index contributed by atoms with van der Waals surface area (Å²) in [5.41, 5.74) is 6.65. The summed E-state index contributed by atoms with van der Waals surface area (Å²) in [6.07, 6.45) is 5.48. The Bertz CT molecular complexity index is 599. The molecule has 0 aliphatic heterocycles. The van der Waals surface area contributed by atoms with Crippen molar-refractivity contribution in [1.29, 1.82) is 0 Å². The molecule has 23 heavy (non-hydrogen) atoms. The van der Waals surface area contributed by atoms with Gasteiger partial charge in [-0.3, -0.25) is 4.79 Å². The van der Waals surface area contributed by atoms with Gasteiger partial charge in [-0.05, 0) is 47.7 Å². The van der Waals surface area contributed by atoms with E-state index in [0.29, 0.717) is 24.5 Å². The number of nitrogens with two attached hydrogens (primary N) is 1. The lowest BCUT2D eigenvalue weighted by molar-refractivity contribution is -0.143. The van der Waals surface area contributed by atoms with Crippen LogP contribution in [0.2, 0.25) is 0 Å². The highest BCUT2D eigenvalue weighted by Crippen LogP contribution is 2.30. The van der Waals surface area contributed by atoms with Gasteiger partial charge in [-0.15, -0.1) is 5.10 Å². The highest BCUT2D eigenvalue weighted by molar-refractivity contribution is 5.71. The van der Waals surface area contributed by atoms with Crippen molar-refractivity contribution in [3.8, 4) is 0 Å². The number of nitrogens with zero attached hydrogens (tertiary/aromatic N) is 4. The molecule has 0 aliphatic carbocycles. The second kappa shape index (κ2) is 8.21. The van der Waals surface area contributed by atoms with Crippen molar-refractivity contribution >= 4 is 11.8 Å². The maximum atomic E-state index is 11.6. The molecule has 0 radical (unpaired) electrons. The van der Waals surface area contributed by atoms with Crippen LogP contribution in [0.25, 0.3) is 0 Å². The van der Waals surface area contributed by atoms with Crippen LogP contribution in [0.4, 0.5) is 5.82 Å². The molecule has 8 nitrogen and oxygen atoms in total. The zero-order chi connectivity index (χ0) is 16.7. The number of aromatic amines is 1. The Hall–Kier alpha value is -2.51. The van der Waals surface area contributed by atoms with Gasteiger partial charge >= 0.3 is 5.97 Å². The lowest BCUT2D eigenvalue weighted by atomic mass is 9.84. The summed E-state index contributed by atoms with van der Waals surface area (Å²) in [5, 5.41) is 23.3. The molecule has 2 rings (SSSR count). The average Bonchev–Trinajstić information content (AvgIpc) is 3.05. The molecule has 8 heteroatoms. The fourth-order valence-electron chi connectivity index (χ4n) is 2.77. The van der Waals surface area contributed by atoms with Crippen LogP contribution < -0.4 is 5.73 Å². The van der Waals surface area contributed by atoms with E-state index in [9.17, 15) is 9.90 Å². The fraction of sp³-hybridized carbons (Fsp3) is 0.533. The van der Waals surface area contributed by atoms with Crippen molar-refractivity contribution in [2.45, 2.75) is 44.9 Å². The smallest absolute Gasteiger partial charge is 0.307 e. The Morgan fingerprint density at radius 1 is 1.39 bits per heavy atom. The number of pyridine rings is 1. The van der Waals surface area contributed by atoms with Gasteiger partial charge in [-0.25, -0.2) is 10.1 Å². The highest BCUT2D eigenvalue weighted by Gasteiger charge is 2.30. The van der Waals surface area contributed by atoms with Crippen LogP contribution in [0.1, 0.15) is 49.9 Å². The van der Waals surface area contributed by atoms with Crippen LogP contribution in [0.3, 0.4) is 0 Å². The van der Waals surface area contributed by atoms with Crippen LogP contribution >= 0.6 is 0 Å². The molecule has 0 fully saturated rings. The van der Waals surface area contributed by atoms with Gasteiger partial charge in [0.1, 0.15) is 5.82 Å².